The zero-order valence-electron chi connectivity index (χ0n) is 12.3. The number of nitrogens with zero attached hydrogens (tertiary/aromatic N) is 1. The Bertz CT molecular complexity index is 835. The highest BCUT2D eigenvalue weighted by molar-refractivity contribution is 7.91. The molecule has 0 bridgehead atoms. The van der Waals surface area contributed by atoms with E-state index in [0.717, 1.165) is 6.42 Å². The third-order valence-corrected chi connectivity index (χ3v) is 5.39. The van der Waals surface area contributed by atoms with Gasteiger partial charge in [-0.15, -0.1) is 0 Å². The molecule has 3 rings (SSSR count). The van der Waals surface area contributed by atoms with Gasteiger partial charge in [-0.3, -0.25) is 0 Å². The SMILES string of the molecule is N#Cc1ccc(C2OCCCO2)c(S(=O)(=O)c2ccccc2)c1. The molecule has 1 heterocycles. The molecule has 0 N–H and O–H groups in total. The minimum absolute atomic E-state index is 0.0506. The average molecular weight is 329 g/mol. The highest BCUT2D eigenvalue weighted by Crippen LogP contribution is 2.32. The minimum Gasteiger partial charge on any atom is -0.348 e. The van der Waals surface area contributed by atoms with Crippen LogP contribution in [0.4, 0.5) is 0 Å². The summed E-state index contributed by atoms with van der Waals surface area (Å²) in [6, 6.07) is 14.6. The second-order valence-electron chi connectivity index (χ2n) is 5.11. The van der Waals surface area contributed by atoms with Gasteiger partial charge in [-0.25, -0.2) is 8.42 Å². The van der Waals surface area contributed by atoms with Crippen LogP contribution in [0.25, 0.3) is 0 Å². The van der Waals surface area contributed by atoms with Crippen molar-refractivity contribution in [2.24, 2.45) is 0 Å². The lowest BCUT2D eigenvalue weighted by molar-refractivity contribution is -0.184. The first-order chi connectivity index (χ1) is 11.1. The minimum atomic E-state index is -3.76. The maximum atomic E-state index is 12.9. The number of hydrogen-bond donors (Lipinski definition) is 0. The monoisotopic (exact) mass is 329 g/mol. The predicted molar refractivity (Wildman–Crippen MR) is 82.3 cm³/mol. The second-order valence-corrected chi connectivity index (χ2v) is 7.03. The van der Waals surface area contributed by atoms with Crippen molar-refractivity contribution >= 4 is 9.84 Å². The van der Waals surface area contributed by atoms with Crippen LogP contribution in [0.15, 0.2) is 58.3 Å². The Morgan fingerprint density at radius 3 is 2.39 bits per heavy atom. The summed E-state index contributed by atoms with van der Waals surface area (Å²) in [5.74, 6) is 0. The number of nitriles is 1. The van der Waals surface area contributed by atoms with Crippen molar-refractivity contribution in [1.82, 2.24) is 0 Å². The van der Waals surface area contributed by atoms with Crippen LogP contribution in [0.1, 0.15) is 23.8 Å². The van der Waals surface area contributed by atoms with Crippen molar-refractivity contribution in [2.45, 2.75) is 22.5 Å². The third kappa shape index (κ3) is 3.13. The molecule has 6 heteroatoms. The lowest BCUT2D eigenvalue weighted by Gasteiger charge is -2.25. The van der Waals surface area contributed by atoms with Gasteiger partial charge in [0.2, 0.25) is 9.84 Å². The first kappa shape index (κ1) is 15.7. The summed E-state index contributed by atoms with van der Waals surface area (Å²) in [5, 5.41) is 9.09. The van der Waals surface area contributed by atoms with Gasteiger partial charge in [0.05, 0.1) is 34.6 Å². The van der Waals surface area contributed by atoms with Crippen molar-refractivity contribution in [3.63, 3.8) is 0 Å². The second kappa shape index (κ2) is 6.50. The van der Waals surface area contributed by atoms with Crippen LogP contribution in [0, 0.1) is 11.3 Å². The summed E-state index contributed by atoms with van der Waals surface area (Å²) < 4.78 is 37.0. The maximum Gasteiger partial charge on any atom is 0.207 e. The van der Waals surface area contributed by atoms with Gasteiger partial charge in [-0.05, 0) is 30.7 Å². The molecule has 0 saturated carbocycles. The van der Waals surface area contributed by atoms with Gasteiger partial charge in [0.15, 0.2) is 6.29 Å². The smallest absolute Gasteiger partial charge is 0.207 e. The topological polar surface area (TPSA) is 76.4 Å². The van der Waals surface area contributed by atoms with E-state index in [1.807, 2.05) is 6.07 Å². The maximum absolute atomic E-state index is 12.9. The van der Waals surface area contributed by atoms with Crippen molar-refractivity contribution in [2.75, 3.05) is 13.2 Å². The van der Waals surface area contributed by atoms with E-state index in [4.69, 9.17) is 14.7 Å². The summed E-state index contributed by atoms with van der Waals surface area (Å²) in [7, 11) is -3.76. The molecule has 0 aromatic heterocycles. The number of hydrogen-bond acceptors (Lipinski definition) is 5. The lowest BCUT2D eigenvalue weighted by atomic mass is 10.1. The number of sulfone groups is 1. The standard InChI is InChI=1S/C17H15NO4S/c18-12-13-7-8-15(17-21-9-4-10-22-17)16(11-13)23(19,20)14-5-2-1-3-6-14/h1-3,5-8,11,17H,4,9-10H2. The molecule has 1 aliphatic rings. The zero-order valence-corrected chi connectivity index (χ0v) is 13.1. The van der Waals surface area contributed by atoms with Crippen LogP contribution in [0.3, 0.4) is 0 Å². The van der Waals surface area contributed by atoms with E-state index in [0.29, 0.717) is 18.8 Å². The molecule has 0 unspecified atom stereocenters. The fraction of sp³-hybridized carbons (Fsp3) is 0.235. The molecule has 5 nitrogen and oxygen atoms in total. The Morgan fingerprint density at radius 1 is 1.04 bits per heavy atom. The van der Waals surface area contributed by atoms with Crippen molar-refractivity contribution in [3.8, 4) is 6.07 Å². The van der Waals surface area contributed by atoms with Crippen molar-refractivity contribution in [1.29, 1.82) is 5.26 Å². The summed E-state index contributed by atoms with van der Waals surface area (Å²) in [4.78, 5) is 0.224. The molecular weight excluding hydrogens is 314 g/mol. The van der Waals surface area contributed by atoms with E-state index in [2.05, 4.69) is 0 Å². The molecule has 0 aliphatic carbocycles. The fourth-order valence-electron chi connectivity index (χ4n) is 2.43. The van der Waals surface area contributed by atoms with Crippen LogP contribution in [-0.2, 0) is 19.3 Å². The van der Waals surface area contributed by atoms with E-state index in [1.54, 1.807) is 30.3 Å². The molecule has 0 atom stereocenters. The summed E-state index contributed by atoms with van der Waals surface area (Å²) in [5.41, 5.74) is 0.701. The number of ether oxygens (including phenoxy) is 2. The van der Waals surface area contributed by atoms with Crippen LogP contribution < -0.4 is 0 Å². The lowest BCUT2D eigenvalue weighted by Crippen LogP contribution is -2.20. The van der Waals surface area contributed by atoms with E-state index in [-0.39, 0.29) is 15.4 Å². The quantitative estimate of drug-likeness (QED) is 0.865. The molecule has 2 aromatic carbocycles. The summed E-state index contributed by atoms with van der Waals surface area (Å²) >= 11 is 0. The van der Waals surface area contributed by atoms with Gasteiger partial charge in [0.1, 0.15) is 0 Å². The fourth-order valence-corrected chi connectivity index (χ4v) is 3.95. The van der Waals surface area contributed by atoms with Crippen LogP contribution in [0.2, 0.25) is 0 Å². The average Bonchev–Trinajstić information content (AvgIpc) is 2.62. The Morgan fingerprint density at radius 2 is 1.74 bits per heavy atom. The first-order valence-corrected chi connectivity index (χ1v) is 8.68. The molecule has 0 amide bonds. The van der Waals surface area contributed by atoms with E-state index in [9.17, 15) is 8.42 Å². The molecule has 0 spiro atoms. The van der Waals surface area contributed by atoms with Gasteiger partial charge in [0, 0.05) is 5.56 Å². The Labute approximate surface area is 135 Å². The molecule has 1 fully saturated rings. The summed E-state index contributed by atoms with van der Waals surface area (Å²) in [6.07, 6.45) is 0.0399. The van der Waals surface area contributed by atoms with E-state index < -0.39 is 16.1 Å². The van der Waals surface area contributed by atoms with E-state index >= 15 is 0 Å². The van der Waals surface area contributed by atoms with Gasteiger partial charge in [0.25, 0.3) is 0 Å². The highest BCUT2D eigenvalue weighted by Gasteiger charge is 2.28. The van der Waals surface area contributed by atoms with Crippen LogP contribution >= 0.6 is 0 Å². The zero-order chi connectivity index (χ0) is 16.3. The molecule has 23 heavy (non-hydrogen) atoms. The molecule has 118 valence electrons. The van der Waals surface area contributed by atoms with Gasteiger partial charge < -0.3 is 9.47 Å². The predicted octanol–water partition coefficient (Wildman–Crippen LogP) is 2.83. The highest BCUT2D eigenvalue weighted by atomic mass is 32.2. The Hall–Kier alpha value is -2.20. The van der Waals surface area contributed by atoms with Gasteiger partial charge >= 0.3 is 0 Å². The van der Waals surface area contributed by atoms with Crippen molar-refractivity contribution in [3.05, 3.63) is 59.7 Å². The largest absolute Gasteiger partial charge is 0.348 e. The number of rotatable bonds is 3. The Balaban J connectivity index is 2.14. The normalized spacial score (nSPS) is 16.0. The molecule has 0 radical (unpaired) electrons. The molecule has 1 aliphatic heterocycles. The van der Waals surface area contributed by atoms with Crippen molar-refractivity contribution < 1.29 is 17.9 Å². The molecule has 1 saturated heterocycles. The van der Waals surface area contributed by atoms with Crippen LogP contribution in [0.5, 0.6) is 0 Å². The van der Waals surface area contributed by atoms with E-state index in [1.165, 1.54) is 18.2 Å². The first-order valence-electron chi connectivity index (χ1n) is 7.20. The third-order valence-electron chi connectivity index (χ3n) is 3.57. The molecule has 2 aromatic rings. The number of benzene rings is 2. The van der Waals surface area contributed by atoms with Gasteiger partial charge in [-0.2, -0.15) is 5.26 Å². The van der Waals surface area contributed by atoms with Crippen LogP contribution in [-0.4, -0.2) is 21.6 Å². The van der Waals surface area contributed by atoms with Gasteiger partial charge in [-0.1, -0.05) is 24.3 Å². The summed E-state index contributed by atoms with van der Waals surface area (Å²) in [6.45, 7) is 1.02. The molecular formula is C17H15NO4S. The Kier molecular flexibility index (Phi) is 4.44.